The maximum atomic E-state index is 14.1. The molecule has 0 spiro atoms. The fourth-order valence-electron chi connectivity index (χ4n) is 7.67. The molecule has 0 saturated heterocycles. The molecule has 0 aromatic heterocycles. The maximum absolute atomic E-state index is 14.1. The Hall–Kier alpha value is -3.08. The highest BCUT2D eigenvalue weighted by Gasteiger charge is 2.40. The Balaban J connectivity index is -0.000000956. The third-order valence-corrected chi connectivity index (χ3v) is 17.4. The van der Waals surface area contributed by atoms with Gasteiger partial charge in [-0.15, -0.1) is 11.8 Å². The summed E-state index contributed by atoms with van der Waals surface area (Å²) in [5.74, 6) is 2.67. The third kappa shape index (κ3) is 38.8. The Morgan fingerprint density at radius 2 is 1.32 bits per heavy atom. The molecule has 4 N–H and O–H groups in total. The number of Topliss-reactive ketones (excluding diaryl/α,β-unsaturated/α-hetero) is 1. The van der Waals surface area contributed by atoms with Gasteiger partial charge in [-0.1, -0.05) is 144 Å². The predicted molar refractivity (Wildman–Crippen MR) is 364 cm³/mol. The second-order valence-electron chi connectivity index (χ2n) is 22.8. The number of unbranched alkanes of at least 4 members (excludes halogenated alkanes) is 1. The van der Waals surface area contributed by atoms with Crippen molar-refractivity contribution in [1.82, 2.24) is 25.3 Å². The molecule has 0 aliphatic rings. The number of hydrogen-bond acceptors (Lipinski definition) is 12. The Morgan fingerprint density at radius 3 is 1.74 bits per heavy atom. The minimum absolute atomic E-state index is 0.000810. The fraction of sp³-hybridized carbons (Fsp3) is 0.803. The number of methoxy groups -OCH3 is 1. The third-order valence-electron chi connectivity index (χ3n) is 14.9. The van der Waals surface area contributed by atoms with Gasteiger partial charge in [-0.3, -0.25) is 24.0 Å². The molecule has 1 aromatic rings. The summed E-state index contributed by atoms with van der Waals surface area (Å²) < 4.78 is 11.7. The van der Waals surface area contributed by atoms with E-state index in [0.29, 0.717) is 63.1 Å². The van der Waals surface area contributed by atoms with Crippen LogP contribution in [0.5, 0.6) is 11.5 Å². The minimum atomic E-state index is -0.866. The highest BCUT2D eigenvalue weighted by Crippen LogP contribution is 2.42. The molecule has 1 rings (SSSR count). The second-order valence-corrected chi connectivity index (χ2v) is 26.1. The Morgan fingerprint density at radius 1 is 0.756 bits per heavy atom. The van der Waals surface area contributed by atoms with Gasteiger partial charge in [0.25, 0.3) is 0 Å². The number of nitrogens with one attached hydrogen (secondary N) is 2. The molecule has 4 atom stereocenters. The van der Waals surface area contributed by atoms with Crippen molar-refractivity contribution in [3.05, 3.63) is 36.0 Å². The SMILES string of the molecule is C=C(CCC(CCC(=O)N(C)CC)(CCC(=O)N(CC)C(C)SC)NC(=O)CCCOc1ccc(CCC(=O)CNC(=O)CN)cc1OC)N(CC(C)(C)C(C)(C)C)C(C)C(C)(C)C.CC.CC.CC.CCCCS.CCSC(C)CC. The fourth-order valence-corrected chi connectivity index (χ4v) is 9.31. The van der Waals surface area contributed by atoms with Crippen LogP contribution < -0.4 is 25.8 Å². The number of ketones is 1. The molecule has 0 heterocycles. The molecule has 4 unspecified atom stereocenters. The van der Waals surface area contributed by atoms with Crippen LogP contribution in [-0.4, -0.2) is 138 Å². The highest BCUT2D eigenvalue weighted by atomic mass is 32.2. The first-order chi connectivity index (χ1) is 38.4. The summed E-state index contributed by atoms with van der Waals surface area (Å²) in [7, 11) is 3.34. The summed E-state index contributed by atoms with van der Waals surface area (Å²) in [5, 5.41) is 6.78. The van der Waals surface area contributed by atoms with Crippen LogP contribution in [0, 0.1) is 16.2 Å². The Bertz CT molecular complexity index is 1840. The topological polar surface area (TPSA) is 164 Å². The van der Waals surface area contributed by atoms with Gasteiger partial charge in [0.1, 0.15) is 0 Å². The van der Waals surface area contributed by atoms with Crippen molar-refractivity contribution in [3.8, 4) is 11.5 Å². The number of carbonyl (C=O) groups is 5. The van der Waals surface area contributed by atoms with Crippen molar-refractivity contribution in [1.29, 1.82) is 0 Å². The molecular weight excluding hydrogens is 1080 g/mol. The largest absolute Gasteiger partial charge is 0.493 e. The van der Waals surface area contributed by atoms with Gasteiger partial charge in [-0.2, -0.15) is 24.4 Å². The highest BCUT2D eigenvalue weighted by molar-refractivity contribution is 7.99. The lowest BCUT2D eigenvalue weighted by Gasteiger charge is -2.49. The van der Waals surface area contributed by atoms with E-state index >= 15 is 0 Å². The summed E-state index contributed by atoms with van der Waals surface area (Å²) in [5.41, 5.74) is 6.22. The van der Waals surface area contributed by atoms with Gasteiger partial charge >= 0.3 is 0 Å². The number of amides is 4. The maximum Gasteiger partial charge on any atom is 0.234 e. The standard InChI is InChI=1S/C50H88N6O7S.C6H14S.C4H10S.3C2H6/c1-17-54(14)45(60)26-29-50(30-27-46(61)55(18-2)38(5)64-16,28-25-36(3)56(37(4)47(6,7)8)35-49(12,13)48(9,10)11)53-43(58)20-19-31-63-41-24-22-39(32-42(41)62-15)21-23-40(57)34-52-44(59)33-51;1-4-6(3)7-5-2;1-2-3-4-5;3*1-2/h22,24,32,37-38H,3,17-21,23,25-31,33-35,51H2,1-2,4-16H3,(H,52,59)(H,53,58);6H,4-5H2,1-3H3;5H,2-4H2,1H3;3*1-2H3. The number of aryl methyl sites for hydroxylation is 1. The molecule has 16 heteroatoms. The minimum Gasteiger partial charge on any atom is -0.493 e. The summed E-state index contributed by atoms with van der Waals surface area (Å²) in [4.78, 5) is 71.1. The van der Waals surface area contributed by atoms with E-state index in [1.54, 1.807) is 36.9 Å². The molecule has 0 aliphatic heterocycles. The number of rotatable bonds is 35. The lowest BCUT2D eigenvalue weighted by molar-refractivity contribution is -0.133. The van der Waals surface area contributed by atoms with Crippen LogP contribution in [0.2, 0.25) is 0 Å². The molecule has 484 valence electrons. The Kier molecular flexibility index (Phi) is 53.6. The molecule has 0 saturated carbocycles. The lowest BCUT2D eigenvalue weighted by atomic mass is 9.68. The molecule has 0 aliphatic carbocycles. The van der Waals surface area contributed by atoms with Crippen molar-refractivity contribution >= 4 is 65.6 Å². The number of hydrogen-bond donors (Lipinski definition) is 4. The molecule has 0 fully saturated rings. The molecule has 13 nitrogen and oxygen atoms in total. The van der Waals surface area contributed by atoms with Crippen LogP contribution in [-0.2, 0) is 30.4 Å². The monoisotopic (exact) mass is 1210 g/mol. The first-order valence-corrected chi connectivity index (χ1v) is 34.2. The van der Waals surface area contributed by atoms with E-state index < -0.39 is 5.54 Å². The van der Waals surface area contributed by atoms with Gasteiger partial charge < -0.3 is 40.5 Å². The van der Waals surface area contributed by atoms with E-state index in [1.807, 2.05) is 97.4 Å². The van der Waals surface area contributed by atoms with Crippen molar-refractivity contribution in [2.45, 2.75) is 258 Å². The van der Waals surface area contributed by atoms with Crippen LogP contribution in [0.4, 0.5) is 0 Å². The zero-order chi connectivity index (χ0) is 64.9. The smallest absolute Gasteiger partial charge is 0.234 e. The molecule has 0 radical (unpaired) electrons. The molecule has 1 aromatic carbocycles. The number of ether oxygens (including phenoxy) is 2. The van der Waals surface area contributed by atoms with Gasteiger partial charge in [-0.25, -0.2) is 0 Å². The molecular formula is C66H130N6O7S3. The summed E-state index contributed by atoms with van der Waals surface area (Å²) in [6.45, 7) is 53.9. The van der Waals surface area contributed by atoms with Crippen molar-refractivity contribution in [3.63, 3.8) is 0 Å². The average Bonchev–Trinajstić information content (AvgIpc) is 3.46. The summed E-state index contributed by atoms with van der Waals surface area (Å²) in [6, 6.07) is 5.64. The van der Waals surface area contributed by atoms with Crippen molar-refractivity contribution in [2.75, 3.05) is 71.2 Å². The first-order valence-electron chi connectivity index (χ1n) is 31.3. The molecule has 82 heavy (non-hydrogen) atoms. The summed E-state index contributed by atoms with van der Waals surface area (Å²) in [6.07, 6.45) is 9.38. The number of nitrogens with two attached hydrogens (primary N) is 1. The van der Waals surface area contributed by atoms with Gasteiger partial charge in [0.15, 0.2) is 17.3 Å². The quantitative estimate of drug-likeness (QED) is 0.0291. The van der Waals surface area contributed by atoms with E-state index in [9.17, 15) is 24.0 Å². The summed E-state index contributed by atoms with van der Waals surface area (Å²) >= 11 is 7.65. The van der Waals surface area contributed by atoms with Crippen LogP contribution >= 0.6 is 36.2 Å². The van der Waals surface area contributed by atoms with E-state index in [4.69, 9.17) is 15.2 Å². The van der Waals surface area contributed by atoms with Gasteiger partial charge in [0.2, 0.25) is 23.6 Å². The lowest BCUT2D eigenvalue weighted by Crippen LogP contribution is -2.51. The number of allylic oxidation sites excluding steroid dienone is 1. The second kappa shape index (κ2) is 50.1. The van der Waals surface area contributed by atoms with Gasteiger partial charge in [-0.05, 0) is 131 Å². The van der Waals surface area contributed by atoms with Gasteiger partial charge in [0.05, 0.1) is 32.2 Å². The van der Waals surface area contributed by atoms with Crippen molar-refractivity contribution < 1.29 is 33.4 Å². The molecule has 0 bridgehead atoms. The molecule has 4 amide bonds. The van der Waals surface area contributed by atoms with Crippen LogP contribution in [0.25, 0.3) is 0 Å². The van der Waals surface area contributed by atoms with E-state index in [2.05, 4.69) is 125 Å². The number of benzene rings is 1. The van der Waals surface area contributed by atoms with Crippen LogP contribution in [0.15, 0.2) is 30.5 Å². The number of thiol groups is 1. The van der Waals surface area contributed by atoms with Crippen LogP contribution in [0.1, 0.15) is 235 Å². The first kappa shape index (κ1) is 87.7. The number of thioether (sulfide) groups is 2. The van der Waals surface area contributed by atoms with Gasteiger partial charge in [0, 0.05) is 74.9 Å². The number of nitrogens with zero attached hydrogens (tertiary/aromatic N) is 3. The van der Waals surface area contributed by atoms with E-state index in [-0.39, 0.29) is 102 Å². The Labute approximate surface area is 520 Å². The normalized spacial score (nSPS) is 12.7. The van der Waals surface area contributed by atoms with Crippen molar-refractivity contribution in [2.24, 2.45) is 22.0 Å². The van der Waals surface area contributed by atoms with E-state index in [1.165, 1.54) is 25.0 Å². The van der Waals surface area contributed by atoms with Crippen LogP contribution in [0.3, 0.4) is 0 Å². The predicted octanol–water partition coefficient (Wildman–Crippen LogP) is 15.3. The number of carbonyl (C=O) groups excluding carboxylic acids is 5. The zero-order valence-corrected chi connectivity index (χ0v) is 60.1. The average molecular weight is 1220 g/mol. The zero-order valence-electron chi connectivity index (χ0n) is 57.6. The van der Waals surface area contributed by atoms with E-state index in [0.717, 1.165) is 28.8 Å².